The van der Waals surface area contributed by atoms with Crippen molar-refractivity contribution < 1.29 is 4.79 Å². The number of benzene rings is 1. The van der Waals surface area contributed by atoms with Crippen LogP contribution in [0.4, 0.5) is 0 Å². The molecule has 0 heterocycles. The summed E-state index contributed by atoms with van der Waals surface area (Å²) in [6, 6.07) is 5.20. The standard InChI is InChI=1S/C13H16Br2ClNO/c1-3-13(2,4-5-14)17-12(18)9-6-10(15)8-11(16)7-9/h6-8H,3-5H2,1-2H3,(H,17,18). The molecule has 0 aliphatic carbocycles. The largest absolute Gasteiger partial charge is 0.347 e. The van der Waals surface area contributed by atoms with Gasteiger partial charge in [0.2, 0.25) is 0 Å². The molecule has 1 amide bonds. The number of hydrogen-bond donors (Lipinski definition) is 1. The van der Waals surface area contributed by atoms with Gasteiger partial charge in [-0.3, -0.25) is 4.79 Å². The number of rotatable bonds is 5. The molecule has 0 saturated carbocycles. The van der Waals surface area contributed by atoms with E-state index in [0.717, 1.165) is 22.6 Å². The molecule has 1 aromatic carbocycles. The van der Waals surface area contributed by atoms with Crippen LogP contribution >= 0.6 is 43.5 Å². The minimum atomic E-state index is -0.199. The van der Waals surface area contributed by atoms with Crippen LogP contribution in [-0.2, 0) is 0 Å². The van der Waals surface area contributed by atoms with Gasteiger partial charge >= 0.3 is 0 Å². The highest BCUT2D eigenvalue weighted by Gasteiger charge is 2.24. The second-order valence-corrected chi connectivity index (χ2v) is 6.61. The lowest BCUT2D eigenvalue weighted by Gasteiger charge is -2.29. The van der Waals surface area contributed by atoms with Crippen molar-refractivity contribution in [1.82, 2.24) is 5.32 Å². The Morgan fingerprint density at radius 2 is 2.11 bits per heavy atom. The Labute approximate surface area is 130 Å². The number of carbonyl (C=O) groups excluding carboxylic acids is 1. The fraction of sp³-hybridized carbons (Fsp3) is 0.462. The van der Waals surface area contributed by atoms with Crippen molar-refractivity contribution in [2.45, 2.75) is 32.2 Å². The summed E-state index contributed by atoms with van der Waals surface area (Å²) in [7, 11) is 0. The molecule has 18 heavy (non-hydrogen) atoms. The average molecular weight is 398 g/mol. The summed E-state index contributed by atoms with van der Waals surface area (Å²) in [5, 5.41) is 4.47. The predicted molar refractivity (Wildman–Crippen MR) is 83.7 cm³/mol. The fourth-order valence-electron chi connectivity index (χ4n) is 1.57. The van der Waals surface area contributed by atoms with Crippen LogP contribution in [0, 0.1) is 0 Å². The molecule has 1 rings (SSSR count). The van der Waals surface area contributed by atoms with E-state index < -0.39 is 0 Å². The Hall–Kier alpha value is -0.0600. The van der Waals surface area contributed by atoms with E-state index in [-0.39, 0.29) is 11.4 Å². The maximum absolute atomic E-state index is 12.2. The molecule has 0 radical (unpaired) electrons. The van der Waals surface area contributed by atoms with Crippen molar-refractivity contribution >= 4 is 49.4 Å². The Balaban J connectivity index is 2.87. The van der Waals surface area contributed by atoms with Crippen LogP contribution in [0.25, 0.3) is 0 Å². The van der Waals surface area contributed by atoms with Crippen molar-refractivity contribution in [1.29, 1.82) is 0 Å². The molecular weight excluding hydrogens is 381 g/mol. The predicted octanol–water partition coefficient (Wildman–Crippen LogP) is 4.79. The summed E-state index contributed by atoms with van der Waals surface area (Å²) in [6.07, 6.45) is 1.77. The number of carbonyl (C=O) groups is 1. The van der Waals surface area contributed by atoms with Crippen molar-refractivity contribution in [3.8, 4) is 0 Å². The molecule has 0 aliphatic heterocycles. The normalized spacial score (nSPS) is 14.1. The molecule has 0 aliphatic rings. The summed E-state index contributed by atoms with van der Waals surface area (Å²) >= 11 is 12.7. The summed E-state index contributed by atoms with van der Waals surface area (Å²) in [5.74, 6) is -0.0940. The first-order valence-corrected chi connectivity index (χ1v) is 8.04. The molecule has 0 saturated heterocycles. The van der Waals surface area contributed by atoms with Crippen LogP contribution in [0.1, 0.15) is 37.0 Å². The van der Waals surface area contributed by atoms with Gasteiger partial charge in [-0.25, -0.2) is 0 Å². The summed E-state index contributed by atoms with van der Waals surface area (Å²) in [5.41, 5.74) is 0.374. The fourth-order valence-corrected chi connectivity index (χ4v) is 3.30. The van der Waals surface area contributed by atoms with Crippen LogP contribution in [0.5, 0.6) is 0 Å². The zero-order valence-electron chi connectivity index (χ0n) is 10.4. The SMILES string of the molecule is CCC(C)(CCBr)NC(=O)c1cc(Cl)cc(Br)c1. The minimum absolute atomic E-state index is 0.0940. The third-order valence-electron chi connectivity index (χ3n) is 2.97. The quantitative estimate of drug-likeness (QED) is 0.712. The lowest BCUT2D eigenvalue weighted by molar-refractivity contribution is 0.0902. The molecule has 0 aromatic heterocycles. The van der Waals surface area contributed by atoms with Gasteiger partial charge < -0.3 is 5.32 Å². The van der Waals surface area contributed by atoms with E-state index in [0.29, 0.717) is 10.6 Å². The highest BCUT2D eigenvalue weighted by atomic mass is 79.9. The first-order valence-electron chi connectivity index (χ1n) is 5.75. The third kappa shape index (κ3) is 4.56. The van der Waals surface area contributed by atoms with Crippen LogP contribution < -0.4 is 5.32 Å². The molecule has 2 nitrogen and oxygen atoms in total. The Morgan fingerprint density at radius 3 is 2.61 bits per heavy atom. The molecule has 100 valence electrons. The van der Waals surface area contributed by atoms with Gasteiger partial charge in [0, 0.05) is 25.9 Å². The molecule has 0 spiro atoms. The van der Waals surface area contributed by atoms with E-state index in [2.05, 4.69) is 44.1 Å². The average Bonchev–Trinajstić information content (AvgIpc) is 2.28. The number of nitrogens with one attached hydrogen (secondary N) is 1. The number of amides is 1. The monoisotopic (exact) mass is 395 g/mol. The van der Waals surface area contributed by atoms with Gasteiger partial charge in [-0.1, -0.05) is 50.4 Å². The van der Waals surface area contributed by atoms with Gasteiger partial charge in [-0.2, -0.15) is 0 Å². The zero-order valence-corrected chi connectivity index (χ0v) is 14.3. The number of halogens is 3. The molecule has 1 unspecified atom stereocenters. The highest BCUT2D eigenvalue weighted by molar-refractivity contribution is 9.10. The molecule has 0 fully saturated rings. The van der Waals surface area contributed by atoms with Crippen molar-refractivity contribution in [3.05, 3.63) is 33.3 Å². The highest BCUT2D eigenvalue weighted by Crippen LogP contribution is 2.21. The lowest BCUT2D eigenvalue weighted by Crippen LogP contribution is -2.45. The molecule has 0 bridgehead atoms. The summed E-state index contributed by atoms with van der Waals surface area (Å²) < 4.78 is 0.804. The van der Waals surface area contributed by atoms with Gasteiger partial charge in [0.25, 0.3) is 5.91 Å². The summed E-state index contributed by atoms with van der Waals surface area (Å²) in [6.45, 7) is 4.11. The second kappa shape index (κ2) is 6.92. The summed E-state index contributed by atoms with van der Waals surface area (Å²) in [4.78, 5) is 12.2. The smallest absolute Gasteiger partial charge is 0.251 e. The van der Waals surface area contributed by atoms with E-state index in [1.54, 1.807) is 18.2 Å². The van der Waals surface area contributed by atoms with Crippen molar-refractivity contribution in [3.63, 3.8) is 0 Å². The number of hydrogen-bond acceptors (Lipinski definition) is 1. The first-order chi connectivity index (χ1) is 8.40. The van der Waals surface area contributed by atoms with Crippen LogP contribution in [0.15, 0.2) is 22.7 Å². The van der Waals surface area contributed by atoms with Crippen LogP contribution in [0.2, 0.25) is 5.02 Å². The van der Waals surface area contributed by atoms with Gasteiger partial charge in [-0.15, -0.1) is 0 Å². The van der Waals surface area contributed by atoms with E-state index in [1.807, 2.05) is 6.92 Å². The van der Waals surface area contributed by atoms with E-state index >= 15 is 0 Å². The first kappa shape index (κ1) is 16.0. The van der Waals surface area contributed by atoms with Crippen LogP contribution in [0.3, 0.4) is 0 Å². The molecular formula is C13H16Br2ClNO. The minimum Gasteiger partial charge on any atom is -0.347 e. The maximum Gasteiger partial charge on any atom is 0.251 e. The van der Waals surface area contributed by atoms with Crippen molar-refractivity contribution in [2.24, 2.45) is 0 Å². The maximum atomic E-state index is 12.2. The van der Waals surface area contributed by atoms with E-state index in [1.165, 1.54) is 0 Å². The Bertz CT molecular complexity index is 419. The van der Waals surface area contributed by atoms with E-state index in [9.17, 15) is 4.79 Å². The lowest BCUT2D eigenvalue weighted by atomic mass is 9.95. The van der Waals surface area contributed by atoms with Gasteiger partial charge in [0.05, 0.1) is 0 Å². The number of alkyl halides is 1. The second-order valence-electron chi connectivity index (χ2n) is 4.47. The van der Waals surface area contributed by atoms with Crippen molar-refractivity contribution in [2.75, 3.05) is 5.33 Å². The van der Waals surface area contributed by atoms with Gasteiger partial charge in [-0.05, 0) is 38.0 Å². The molecule has 1 aromatic rings. The van der Waals surface area contributed by atoms with Gasteiger partial charge in [0.1, 0.15) is 0 Å². The zero-order chi connectivity index (χ0) is 13.8. The molecule has 1 atom stereocenters. The topological polar surface area (TPSA) is 29.1 Å². The Kier molecular flexibility index (Phi) is 6.15. The van der Waals surface area contributed by atoms with Gasteiger partial charge in [0.15, 0.2) is 0 Å². The molecule has 5 heteroatoms. The Morgan fingerprint density at radius 1 is 1.44 bits per heavy atom. The third-order valence-corrected chi connectivity index (χ3v) is 4.04. The van der Waals surface area contributed by atoms with E-state index in [4.69, 9.17) is 11.6 Å². The van der Waals surface area contributed by atoms with Crippen LogP contribution in [-0.4, -0.2) is 16.8 Å². The molecule has 1 N–H and O–H groups in total.